The van der Waals surface area contributed by atoms with Crippen molar-refractivity contribution in [3.05, 3.63) is 89.5 Å². The van der Waals surface area contributed by atoms with Crippen molar-refractivity contribution in [2.45, 2.75) is 33.2 Å². The minimum absolute atomic E-state index is 0.190. The van der Waals surface area contributed by atoms with E-state index in [1.807, 2.05) is 31.2 Å². The summed E-state index contributed by atoms with van der Waals surface area (Å²) < 4.78 is 10.9. The van der Waals surface area contributed by atoms with Crippen molar-refractivity contribution in [1.29, 1.82) is 0 Å². The van der Waals surface area contributed by atoms with Crippen LogP contribution < -0.4 is 25.5 Å². The fraction of sp³-hybridized carbons (Fsp3) is 0.241. The Bertz CT molecular complexity index is 1250. The van der Waals surface area contributed by atoms with Gasteiger partial charge in [0.05, 0.1) is 12.8 Å². The Kier molecular flexibility index (Phi) is 10.4. The zero-order valence-corrected chi connectivity index (χ0v) is 21.7. The molecule has 0 saturated heterocycles. The Morgan fingerprint density at radius 1 is 0.895 bits per heavy atom. The normalized spacial score (nSPS) is 10.7. The number of ether oxygens (including phenoxy) is 2. The summed E-state index contributed by atoms with van der Waals surface area (Å²) in [5.41, 5.74) is 5.54. The molecule has 3 rings (SSSR count). The lowest BCUT2D eigenvalue weighted by atomic mass is 10.0. The van der Waals surface area contributed by atoms with Crippen molar-refractivity contribution in [2.24, 2.45) is 5.10 Å². The second kappa shape index (κ2) is 14.2. The van der Waals surface area contributed by atoms with Gasteiger partial charge in [-0.1, -0.05) is 50.2 Å². The lowest BCUT2D eigenvalue weighted by molar-refractivity contribution is -0.139. The first-order chi connectivity index (χ1) is 18.3. The van der Waals surface area contributed by atoms with Crippen LogP contribution in [0.4, 0.5) is 5.69 Å². The number of nitrogens with zero attached hydrogens (tertiary/aromatic N) is 1. The van der Waals surface area contributed by atoms with Gasteiger partial charge < -0.3 is 20.1 Å². The van der Waals surface area contributed by atoms with E-state index in [0.717, 1.165) is 11.3 Å². The van der Waals surface area contributed by atoms with E-state index in [9.17, 15) is 14.4 Å². The summed E-state index contributed by atoms with van der Waals surface area (Å²) in [7, 11) is 0. The number of hydrazone groups is 1. The number of anilines is 1. The van der Waals surface area contributed by atoms with Crippen LogP contribution in [0.3, 0.4) is 0 Å². The van der Waals surface area contributed by atoms with Crippen LogP contribution in [0.5, 0.6) is 11.5 Å². The van der Waals surface area contributed by atoms with Crippen LogP contribution >= 0.6 is 0 Å². The van der Waals surface area contributed by atoms with Gasteiger partial charge in [0.2, 0.25) is 0 Å². The predicted molar refractivity (Wildman–Crippen MR) is 146 cm³/mol. The number of amides is 3. The first kappa shape index (κ1) is 27.9. The smallest absolute Gasteiger partial charge is 0.329 e. The summed E-state index contributed by atoms with van der Waals surface area (Å²) in [5, 5.41) is 9.15. The van der Waals surface area contributed by atoms with Crippen molar-refractivity contribution >= 4 is 29.6 Å². The van der Waals surface area contributed by atoms with Crippen LogP contribution in [-0.2, 0) is 20.9 Å². The van der Waals surface area contributed by atoms with E-state index in [1.165, 1.54) is 11.8 Å². The first-order valence-corrected chi connectivity index (χ1v) is 12.3. The highest BCUT2D eigenvalue weighted by Crippen LogP contribution is 2.17. The topological polar surface area (TPSA) is 118 Å². The quantitative estimate of drug-likeness (QED) is 0.202. The Labute approximate surface area is 222 Å². The third kappa shape index (κ3) is 9.09. The van der Waals surface area contributed by atoms with Gasteiger partial charge in [-0.25, -0.2) is 5.43 Å². The highest BCUT2D eigenvalue weighted by atomic mass is 16.5. The summed E-state index contributed by atoms with van der Waals surface area (Å²) in [6.45, 7) is 6.73. The second-order valence-electron chi connectivity index (χ2n) is 8.64. The second-order valence-corrected chi connectivity index (χ2v) is 8.64. The van der Waals surface area contributed by atoms with Crippen LogP contribution in [0.15, 0.2) is 77.9 Å². The third-order valence-corrected chi connectivity index (χ3v) is 5.36. The van der Waals surface area contributed by atoms with E-state index in [0.29, 0.717) is 29.5 Å². The summed E-state index contributed by atoms with van der Waals surface area (Å²) in [5.74, 6) is -0.386. The van der Waals surface area contributed by atoms with Gasteiger partial charge in [-0.15, -0.1) is 0 Å². The molecule has 0 aliphatic carbocycles. The molecule has 0 spiro atoms. The molecule has 0 unspecified atom stereocenters. The first-order valence-electron chi connectivity index (χ1n) is 12.3. The average Bonchev–Trinajstić information content (AvgIpc) is 2.92. The van der Waals surface area contributed by atoms with Crippen molar-refractivity contribution in [3.63, 3.8) is 0 Å². The molecular weight excluding hydrogens is 484 g/mol. The predicted octanol–water partition coefficient (Wildman–Crippen LogP) is 3.99. The number of rotatable bonds is 11. The van der Waals surface area contributed by atoms with Crippen LogP contribution in [0.1, 0.15) is 43.4 Å². The number of benzene rings is 3. The molecule has 0 aromatic heterocycles. The minimum Gasteiger partial charge on any atom is -0.494 e. The SMILES string of the molecule is CCOc1ccc(NC(=O)COc2cccc(/C=N\NC(=O)C(=O)NCc3ccc(C(C)C)cc3)c2)cc1. The molecule has 0 atom stereocenters. The van der Waals surface area contributed by atoms with Gasteiger partial charge in [0.25, 0.3) is 5.91 Å². The number of carbonyl (C=O) groups excluding carboxylic acids is 3. The highest BCUT2D eigenvalue weighted by molar-refractivity contribution is 6.35. The number of hydrogen-bond donors (Lipinski definition) is 3. The summed E-state index contributed by atoms with van der Waals surface area (Å²) in [6, 6.07) is 21.7. The number of carbonyl (C=O) groups is 3. The van der Waals surface area contributed by atoms with Gasteiger partial charge in [0, 0.05) is 12.2 Å². The average molecular weight is 517 g/mol. The van der Waals surface area contributed by atoms with Gasteiger partial charge >= 0.3 is 11.8 Å². The van der Waals surface area contributed by atoms with Gasteiger partial charge in [-0.05, 0) is 65.9 Å². The molecule has 0 bridgehead atoms. The van der Waals surface area contributed by atoms with Gasteiger partial charge in [0.1, 0.15) is 11.5 Å². The monoisotopic (exact) mass is 516 g/mol. The molecule has 3 amide bonds. The molecule has 0 saturated carbocycles. The van der Waals surface area contributed by atoms with Crippen LogP contribution in [0.25, 0.3) is 0 Å². The standard InChI is InChI=1S/C29H32N4O5/c1-4-37-25-14-12-24(13-15-25)32-27(34)19-38-26-7-5-6-22(16-26)18-31-33-29(36)28(35)30-17-21-8-10-23(11-9-21)20(2)3/h5-16,18,20H,4,17,19H2,1-3H3,(H,30,35)(H,32,34)(H,33,36)/b31-18-. The zero-order chi connectivity index (χ0) is 27.3. The molecule has 0 radical (unpaired) electrons. The molecule has 3 aromatic carbocycles. The fourth-order valence-corrected chi connectivity index (χ4v) is 3.33. The van der Waals surface area contributed by atoms with Crippen LogP contribution in [0.2, 0.25) is 0 Å². The molecule has 0 aliphatic rings. The molecule has 0 aliphatic heterocycles. The lowest BCUT2D eigenvalue weighted by Crippen LogP contribution is -2.37. The van der Waals surface area contributed by atoms with E-state index in [1.54, 1.807) is 48.5 Å². The van der Waals surface area contributed by atoms with Gasteiger partial charge in [0.15, 0.2) is 6.61 Å². The number of nitrogens with one attached hydrogen (secondary N) is 3. The minimum atomic E-state index is -0.876. The Balaban J connectivity index is 1.42. The fourth-order valence-electron chi connectivity index (χ4n) is 3.33. The summed E-state index contributed by atoms with van der Waals surface area (Å²) in [6.07, 6.45) is 1.38. The van der Waals surface area contributed by atoms with Crippen molar-refractivity contribution in [2.75, 3.05) is 18.5 Å². The van der Waals surface area contributed by atoms with Gasteiger partial charge in [-0.3, -0.25) is 14.4 Å². The molecule has 0 heterocycles. The van der Waals surface area contributed by atoms with E-state index in [2.05, 4.69) is 35.0 Å². The maximum absolute atomic E-state index is 12.2. The zero-order valence-electron chi connectivity index (χ0n) is 21.7. The van der Waals surface area contributed by atoms with Crippen LogP contribution in [0, 0.1) is 0 Å². The largest absolute Gasteiger partial charge is 0.494 e. The summed E-state index contributed by atoms with van der Waals surface area (Å²) >= 11 is 0. The molecule has 9 heteroatoms. The van der Waals surface area contributed by atoms with Crippen molar-refractivity contribution in [3.8, 4) is 11.5 Å². The summed E-state index contributed by atoms with van der Waals surface area (Å²) in [4.78, 5) is 36.3. The Hall–Kier alpha value is -4.66. The van der Waals surface area contributed by atoms with E-state index in [-0.39, 0.29) is 19.1 Å². The molecule has 3 aromatic rings. The molecule has 0 fully saturated rings. The van der Waals surface area contributed by atoms with Crippen LogP contribution in [-0.4, -0.2) is 37.1 Å². The van der Waals surface area contributed by atoms with Gasteiger partial charge in [-0.2, -0.15) is 5.10 Å². The molecule has 38 heavy (non-hydrogen) atoms. The van der Waals surface area contributed by atoms with Crippen molar-refractivity contribution < 1.29 is 23.9 Å². The molecule has 198 valence electrons. The molecule has 9 nitrogen and oxygen atoms in total. The van der Waals surface area contributed by atoms with E-state index < -0.39 is 11.8 Å². The lowest BCUT2D eigenvalue weighted by Gasteiger charge is -2.09. The van der Waals surface area contributed by atoms with E-state index >= 15 is 0 Å². The maximum Gasteiger partial charge on any atom is 0.329 e. The molecular formula is C29H32N4O5. The highest BCUT2D eigenvalue weighted by Gasteiger charge is 2.12. The molecule has 3 N–H and O–H groups in total. The Morgan fingerprint density at radius 2 is 1.63 bits per heavy atom. The Morgan fingerprint density at radius 3 is 2.32 bits per heavy atom. The van der Waals surface area contributed by atoms with Crippen molar-refractivity contribution in [1.82, 2.24) is 10.7 Å². The number of hydrogen-bond acceptors (Lipinski definition) is 6. The maximum atomic E-state index is 12.2. The van der Waals surface area contributed by atoms with E-state index in [4.69, 9.17) is 9.47 Å². The third-order valence-electron chi connectivity index (χ3n) is 5.36.